The Morgan fingerprint density at radius 2 is 1.81 bits per heavy atom. The van der Waals surface area contributed by atoms with Crippen molar-refractivity contribution in [3.63, 3.8) is 0 Å². The van der Waals surface area contributed by atoms with Crippen molar-refractivity contribution in [3.05, 3.63) is 70.5 Å². The highest BCUT2D eigenvalue weighted by molar-refractivity contribution is 6.42. The van der Waals surface area contributed by atoms with Gasteiger partial charge in [0.1, 0.15) is 5.69 Å². The van der Waals surface area contributed by atoms with Crippen LogP contribution in [0.5, 0.6) is 0 Å². The zero-order valence-corrected chi connectivity index (χ0v) is 11.7. The molecule has 0 amide bonds. The van der Waals surface area contributed by atoms with Crippen LogP contribution in [0.4, 0.5) is 5.69 Å². The van der Waals surface area contributed by atoms with Crippen molar-refractivity contribution >= 4 is 41.0 Å². The molecule has 0 unspecified atom stereocenters. The first kappa shape index (κ1) is 15.0. The number of halogens is 2. The highest BCUT2D eigenvalue weighted by Crippen LogP contribution is 2.23. The van der Waals surface area contributed by atoms with Gasteiger partial charge >= 0.3 is 16.9 Å². The molecule has 0 fully saturated rings. The Kier molecular flexibility index (Phi) is 4.25. The quantitative estimate of drug-likeness (QED) is 0.666. The molecule has 2 N–H and O–H groups in total. The fraction of sp³-hybridized carbons (Fsp3) is 0. The van der Waals surface area contributed by atoms with Gasteiger partial charge in [0.25, 0.3) is 0 Å². The fourth-order valence-electron chi connectivity index (χ4n) is 1.59. The Morgan fingerprint density at radius 3 is 2.43 bits per heavy atom. The van der Waals surface area contributed by atoms with E-state index in [1.807, 2.05) is 0 Å². The molecule has 0 radical (unpaired) electrons. The normalized spacial score (nSPS) is 11.0. The first-order chi connectivity index (χ1) is 9.88. The first-order valence-corrected chi connectivity index (χ1v) is 6.28. The summed E-state index contributed by atoms with van der Waals surface area (Å²) in [5.41, 5.74) is -2.26. The van der Waals surface area contributed by atoms with Crippen molar-refractivity contribution in [2.24, 2.45) is 0 Å². The number of nitrogens with one attached hydrogen (secondary N) is 2. The van der Waals surface area contributed by atoms with Crippen molar-refractivity contribution in [3.8, 4) is 0 Å². The van der Waals surface area contributed by atoms with E-state index >= 15 is 0 Å². The molecule has 2 aromatic rings. The van der Waals surface area contributed by atoms with E-state index in [1.165, 1.54) is 18.2 Å². The van der Waals surface area contributed by atoms with Gasteiger partial charge < -0.3 is 4.98 Å². The number of nitrogens with zero attached hydrogens (tertiary/aromatic N) is 1. The molecule has 0 saturated heterocycles. The molecule has 108 valence electrons. The summed E-state index contributed by atoms with van der Waals surface area (Å²) in [5, 5.41) is 11.5. The van der Waals surface area contributed by atoms with Crippen molar-refractivity contribution < 1.29 is 4.92 Å². The molecular weight excluding hydrogens is 321 g/mol. The molecule has 0 saturated carbocycles. The van der Waals surface area contributed by atoms with E-state index in [0.29, 0.717) is 15.6 Å². The molecule has 1 aromatic heterocycles. The lowest BCUT2D eigenvalue weighted by molar-refractivity contribution is -0.386. The lowest BCUT2D eigenvalue weighted by atomic mass is 10.2. The maximum atomic E-state index is 11.4. The summed E-state index contributed by atoms with van der Waals surface area (Å²) in [6.45, 7) is 0. The number of benzene rings is 1. The summed E-state index contributed by atoms with van der Waals surface area (Å²) in [6, 6.07) is 4.72. The maximum Gasteiger partial charge on any atom is 0.357 e. The predicted molar refractivity (Wildman–Crippen MR) is 79.7 cm³/mol. The third-order valence-electron chi connectivity index (χ3n) is 2.51. The van der Waals surface area contributed by atoms with Crippen LogP contribution in [0.1, 0.15) is 11.3 Å². The Balaban J connectivity index is 2.50. The Labute approximate surface area is 127 Å². The summed E-state index contributed by atoms with van der Waals surface area (Å²) in [6.07, 6.45) is 2.70. The average molecular weight is 328 g/mol. The molecule has 1 heterocycles. The number of nitro groups is 1. The Hall–Kier alpha value is -2.38. The second-order valence-electron chi connectivity index (χ2n) is 3.93. The van der Waals surface area contributed by atoms with Crippen LogP contribution < -0.4 is 11.2 Å². The molecule has 7 nitrogen and oxygen atoms in total. The van der Waals surface area contributed by atoms with Gasteiger partial charge in [-0.3, -0.25) is 19.9 Å². The van der Waals surface area contributed by atoms with Gasteiger partial charge in [-0.15, -0.1) is 0 Å². The van der Waals surface area contributed by atoms with Gasteiger partial charge in [0.05, 0.1) is 15.0 Å². The number of hydrogen-bond donors (Lipinski definition) is 2. The van der Waals surface area contributed by atoms with Gasteiger partial charge in [-0.25, -0.2) is 4.79 Å². The van der Waals surface area contributed by atoms with E-state index in [1.54, 1.807) is 17.1 Å². The van der Waals surface area contributed by atoms with E-state index in [2.05, 4.69) is 4.98 Å². The number of hydrogen-bond acceptors (Lipinski definition) is 4. The van der Waals surface area contributed by atoms with Crippen molar-refractivity contribution in [2.75, 3.05) is 0 Å². The van der Waals surface area contributed by atoms with Gasteiger partial charge in [0, 0.05) is 0 Å². The number of aromatic nitrogens is 2. The van der Waals surface area contributed by atoms with E-state index in [-0.39, 0.29) is 5.69 Å². The van der Waals surface area contributed by atoms with Crippen LogP contribution in [-0.4, -0.2) is 14.9 Å². The standard InChI is InChI=1S/C12H7Cl2N3O4/c13-7-3-1-6(5-8(7)14)2-4-9-10(17(20)21)11(18)16-12(19)15-9/h1-5H,(H2,15,16,18,19)/b4-2+. The Bertz CT molecular complexity index is 854. The molecule has 21 heavy (non-hydrogen) atoms. The highest BCUT2D eigenvalue weighted by atomic mass is 35.5. The third-order valence-corrected chi connectivity index (χ3v) is 3.25. The largest absolute Gasteiger partial charge is 0.357 e. The van der Waals surface area contributed by atoms with Crippen LogP contribution in [0.3, 0.4) is 0 Å². The first-order valence-electron chi connectivity index (χ1n) is 5.52. The lowest BCUT2D eigenvalue weighted by Gasteiger charge is -1.98. The van der Waals surface area contributed by atoms with Crippen LogP contribution in [0.2, 0.25) is 10.0 Å². The number of H-pyrrole nitrogens is 2. The smallest absolute Gasteiger partial charge is 0.301 e. The van der Waals surface area contributed by atoms with Crippen molar-refractivity contribution in [2.45, 2.75) is 0 Å². The monoisotopic (exact) mass is 327 g/mol. The average Bonchev–Trinajstić information content (AvgIpc) is 2.38. The van der Waals surface area contributed by atoms with Crippen molar-refractivity contribution in [1.82, 2.24) is 9.97 Å². The molecule has 0 spiro atoms. The number of rotatable bonds is 3. The molecule has 9 heteroatoms. The van der Waals surface area contributed by atoms with Crippen LogP contribution in [0, 0.1) is 10.1 Å². The minimum absolute atomic E-state index is 0.208. The second-order valence-corrected chi connectivity index (χ2v) is 4.75. The van der Waals surface area contributed by atoms with E-state index in [4.69, 9.17) is 23.2 Å². The van der Waals surface area contributed by atoms with Gasteiger partial charge in [-0.1, -0.05) is 35.3 Å². The van der Waals surface area contributed by atoms with Gasteiger partial charge in [0.15, 0.2) is 0 Å². The molecular formula is C12H7Cl2N3O4. The summed E-state index contributed by atoms with van der Waals surface area (Å²) in [7, 11) is 0. The van der Waals surface area contributed by atoms with Crippen molar-refractivity contribution in [1.29, 1.82) is 0 Å². The van der Waals surface area contributed by atoms with E-state index < -0.39 is 21.9 Å². The van der Waals surface area contributed by atoms with Crippen LogP contribution in [-0.2, 0) is 0 Å². The van der Waals surface area contributed by atoms with Gasteiger partial charge in [0.2, 0.25) is 0 Å². The Morgan fingerprint density at radius 1 is 1.10 bits per heavy atom. The molecule has 0 bridgehead atoms. The topological polar surface area (TPSA) is 109 Å². The zero-order chi connectivity index (χ0) is 15.6. The number of aromatic amines is 2. The maximum absolute atomic E-state index is 11.4. The lowest BCUT2D eigenvalue weighted by Crippen LogP contribution is -2.25. The molecule has 0 aliphatic heterocycles. The van der Waals surface area contributed by atoms with Crippen LogP contribution in [0.15, 0.2) is 27.8 Å². The van der Waals surface area contributed by atoms with Gasteiger partial charge in [-0.05, 0) is 23.8 Å². The summed E-state index contributed by atoms with van der Waals surface area (Å²) >= 11 is 11.6. The van der Waals surface area contributed by atoms with E-state index in [9.17, 15) is 19.7 Å². The van der Waals surface area contributed by atoms with Crippen LogP contribution >= 0.6 is 23.2 Å². The third kappa shape index (κ3) is 3.39. The minimum Gasteiger partial charge on any atom is -0.301 e. The molecule has 0 aliphatic rings. The zero-order valence-electron chi connectivity index (χ0n) is 10.2. The van der Waals surface area contributed by atoms with Crippen LogP contribution in [0.25, 0.3) is 12.2 Å². The summed E-state index contributed by atoms with van der Waals surface area (Å²) < 4.78 is 0. The fourth-order valence-corrected chi connectivity index (χ4v) is 1.90. The minimum atomic E-state index is -1.07. The second kappa shape index (κ2) is 5.94. The predicted octanol–water partition coefficient (Wildman–Crippen LogP) is 2.45. The summed E-state index contributed by atoms with van der Waals surface area (Å²) in [5.74, 6) is 0. The van der Waals surface area contributed by atoms with E-state index in [0.717, 1.165) is 0 Å². The van der Waals surface area contributed by atoms with Gasteiger partial charge in [-0.2, -0.15) is 0 Å². The molecule has 2 rings (SSSR count). The molecule has 0 aliphatic carbocycles. The molecule has 0 atom stereocenters. The highest BCUT2D eigenvalue weighted by Gasteiger charge is 2.18. The summed E-state index contributed by atoms with van der Waals surface area (Å²) in [4.78, 5) is 36.6. The SMILES string of the molecule is O=c1[nH]c(/C=C/c2ccc(Cl)c(Cl)c2)c([N+](=O)[O-])c(=O)[nH]1. The molecule has 1 aromatic carbocycles.